The van der Waals surface area contributed by atoms with Crippen LogP contribution in [0.2, 0.25) is 0 Å². The number of rotatable bonds is 5. The highest BCUT2D eigenvalue weighted by Crippen LogP contribution is 2.31. The molecule has 0 bridgehead atoms. The van der Waals surface area contributed by atoms with E-state index in [2.05, 4.69) is 9.97 Å². The molecule has 0 aliphatic rings. The minimum absolute atomic E-state index is 0.133. The first kappa shape index (κ1) is 15.2. The summed E-state index contributed by atoms with van der Waals surface area (Å²) in [4.78, 5) is 34.4. The van der Waals surface area contributed by atoms with Crippen LogP contribution in [0.3, 0.4) is 0 Å². The summed E-state index contributed by atoms with van der Waals surface area (Å²) in [5, 5.41) is 0. The molecular formula is C13H17N5O2S. The Morgan fingerprint density at radius 2 is 2.00 bits per heavy atom. The van der Waals surface area contributed by atoms with Gasteiger partial charge in [-0.05, 0) is 5.92 Å². The number of nitrogen functional groups attached to an aromatic ring is 1. The zero-order valence-electron chi connectivity index (χ0n) is 11.9. The number of thiophene rings is 1. The predicted octanol–water partition coefficient (Wildman–Crippen LogP) is 0.857. The Bertz CT molecular complexity index is 682. The number of hydrogen-bond acceptors (Lipinski definition) is 6. The topological polar surface area (TPSA) is 115 Å². The zero-order chi connectivity index (χ0) is 15.6. The van der Waals surface area contributed by atoms with Crippen LogP contribution in [0.4, 0.5) is 5.69 Å². The Kier molecular flexibility index (Phi) is 4.37. The van der Waals surface area contributed by atoms with E-state index >= 15 is 0 Å². The van der Waals surface area contributed by atoms with Crippen molar-refractivity contribution in [2.45, 2.75) is 13.8 Å². The molecule has 0 aromatic carbocycles. The molecule has 2 amide bonds. The molecule has 0 saturated carbocycles. The van der Waals surface area contributed by atoms with Crippen LogP contribution in [0.5, 0.6) is 0 Å². The average Bonchev–Trinajstić information content (AvgIpc) is 2.74. The van der Waals surface area contributed by atoms with E-state index in [0.717, 1.165) is 0 Å². The van der Waals surface area contributed by atoms with E-state index in [-0.39, 0.29) is 18.4 Å². The van der Waals surface area contributed by atoms with E-state index in [1.807, 2.05) is 13.8 Å². The summed E-state index contributed by atoms with van der Waals surface area (Å²) in [6, 6.07) is 0. The number of amides is 2. The molecular weight excluding hydrogens is 290 g/mol. The molecule has 8 heteroatoms. The van der Waals surface area contributed by atoms with Crippen molar-refractivity contribution in [3.8, 4) is 0 Å². The largest absolute Gasteiger partial charge is 0.396 e. The van der Waals surface area contributed by atoms with E-state index < -0.39 is 5.91 Å². The van der Waals surface area contributed by atoms with E-state index in [9.17, 15) is 9.59 Å². The Hall–Kier alpha value is -2.22. The second-order valence-corrected chi connectivity index (χ2v) is 6.10. The van der Waals surface area contributed by atoms with Crippen molar-refractivity contribution in [2.24, 2.45) is 11.7 Å². The van der Waals surface area contributed by atoms with E-state index in [1.165, 1.54) is 22.4 Å². The molecule has 2 heterocycles. The third-order valence-corrected chi connectivity index (χ3v) is 3.87. The Balaban J connectivity index is 2.38. The second-order valence-electron chi connectivity index (χ2n) is 5.10. The monoisotopic (exact) mass is 307 g/mol. The first-order chi connectivity index (χ1) is 9.90. The van der Waals surface area contributed by atoms with Crippen molar-refractivity contribution in [1.82, 2.24) is 14.9 Å². The van der Waals surface area contributed by atoms with Gasteiger partial charge < -0.3 is 16.4 Å². The normalized spacial score (nSPS) is 11.0. The van der Waals surface area contributed by atoms with Gasteiger partial charge in [-0.2, -0.15) is 0 Å². The molecule has 2 aromatic rings. The molecule has 0 spiro atoms. The first-order valence-electron chi connectivity index (χ1n) is 6.46. The van der Waals surface area contributed by atoms with Crippen molar-refractivity contribution < 1.29 is 9.59 Å². The Morgan fingerprint density at radius 1 is 1.33 bits per heavy atom. The lowest BCUT2D eigenvalue weighted by Gasteiger charge is -2.22. The van der Waals surface area contributed by atoms with Gasteiger partial charge in [-0.25, -0.2) is 9.97 Å². The second kappa shape index (κ2) is 6.04. The Labute approximate surface area is 126 Å². The van der Waals surface area contributed by atoms with Crippen LogP contribution in [0.1, 0.15) is 23.5 Å². The number of nitrogens with two attached hydrogens (primary N) is 2. The quantitative estimate of drug-likeness (QED) is 0.850. The van der Waals surface area contributed by atoms with Gasteiger partial charge in [-0.1, -0.05) is 13.8 Å². The van der Waals surface area contributed by atoms with Crippen LogP contribution in [0.15, 0.2) is 12.4 Å². The van der Waals surface area contributed by atoms with Gasteiger partial charge >= 0.3 is 0 Å². The lowest BCUT2D eigenvalue weighted by Crippen LogP contribution is -2.40. The van der Waals surface area contributed by atoms with Crippen molar-refractivity contribution in [1.29, 1.82) is 0 Å². The molecule has 112 valence electrons. The fourth-order valence-corrected chi connectivity index (χ4v) is 2.98. The number of carbonyl (C=O) groups is 2. The molecule has 0 radical (unpaired) electrons. The summed E-state index contributed by atoms with van der Waals surface area (Å²) in [6.07, 6.45) is 3.07. The molecule has 4 N–H and O–H groups in total. The zero-order valence-corrected chi connectivity index (χ0v) is 12.7. The minimum Gasteiger partial charge on any atom is -0.396 e. The Morgan fingerprint density at radius 3 is 2.57 bits per heavy atom. The molecule has 0 fully saturated rings. The van der Waals surface area contributed by atoms with Crippen LogP contribution in [0.25, 0.3) is 10.3 Å². The fraction of sp³-hybridized carbons (Fsp3) is 0.385. The standard InChI is InChI=1S/C13H17N5O2S/c1-7(2)5-18(6-8(14)19)13(20)11-9(15)10-12(21-11)17-4-3-16-10/h3-4,7H,5-6,15H2,1-2H3,(H2,14,19). The maximum atomic E-state index is 12.6. The summed E-state index contributed by atoms with van der Waals surface area (Å²) >= 11 is 1.17. The highest BCUT2D eigenvalue weighted by molar-refractivity contribution is 7.21. The summed E-state index contributed by atoms with van der Waals surface area (Å²) in [7, 11) is 0. The van der Waals surface area contributed by atoms with Crippen molar-refractivity contribution in [3.63, 3.8) is 0 Å². The van der Waals surface area contributed by atoms with Gasteiger partial charge in [0.25, 0.3) is 5.91 Å². The maximum Gasteiger partial charge on any atom is 0.266 e. The van der Waals surface area contributed by atoms with Gasteiger partial charge in [0, 0.05) is 18.9 Å². The number of nitrogens with zero attached hydrogens (tertiary/aromatic N) is 3. The van der Waals surface area contributed by atoms with E-state index in [0.29, 0.717) is 27.5 Å². The SMILES string of the molecule is CC(C)CN(CC(N)=O)C(=O)c1sc2nccnc2c1N. The molecule has 0 aliphatic carbocycles. The third kappa shape index (κ3) is 3.27. The van der Waals surface area contributed by atoms with Crippen LogP contribution < -0.4 is 11.5 Å². The molecule has 0 unspecified atom stereocenters. The predicted molar refractivity (Wildman–Crippen MR) is 81.8 cm³/mol. The fourth-order valence-electron chi connectivity index (χ4n) is 1.99. The lowest BCUT2D eigenvalue weighted by atomic mass is 10.2. The van der Waals surface area contributed by atoms with Crippen LogP contribution in [0, 0.1) is 5.92 Å². The van der Waals surface area contributed by atoms with Gasteiger partial charge in [0.15, 0.2) is 0 Å². The van der Waals surface area contributed by atoms with Crippen molar-refractivity contribution >= 4 is 39.2 Å². The summed E-state index contributed by atoms with van der Waals surface area (Å²) in [5.41, 5.74) is 12.0. The van der Waals surface area contributed by atoms with Gasteiger partial charge in [0.2, 0.25) is 5.91 Å². The highest BCUT2D eigenvalue weighted by Gasteiger charge is 2.24. The van der Waals surface area contributed by atoms with Gasteiger partial charge in [-0.15, -0.1) is 11.3 Å². The minimum atomic E-state index is -0.556. The van der Waals surface area contributed by atoms with Gasteiger partial charge in [-0.3, -0.25) is 9.59 Å². The number of anilines is 1. The smallest absolute Gasteiger partial charge is 0.266 e. The number of fused-ring (bicyclic) bond motifs is 1. The van der Waals surface area contributed by atoms with E-state index in [1.54, 1.807) is 6.20 Å². The van der Waals surface area contributed by atoms with Crippen LogP contribution in [-0.4, -0.2) is 39.8 Å². The molecule has 0 saturated heterocycles. The van der Waals surface area contributed by atoms with Gasteiger partial charge in [0.1, 0.15) is 15.2 Å². The summed E-state index contributed by atoms with van der Waals surface area (Å²) in [5.74, 6) is -0.662. The van der Waals surface area contributed by atoms with Crippen LogP contribution in [-0.2, 0) is 4.79 Å². The molecule has 2 aromatic heterocycles. The summed E-state index contributed by atoms with van der Waals surface area (Å²) in [6.45, 7) is 4.21. The van der Waals surface area contributed by atoms with Crippen LogP contribution >= 0.6 is 11.3 Å². The number of aromatic nitrogens is 2. The molecule has 0 aliphatic heterocycles. The average molecular weight is 307 g/mol. The number of carbonyl (C=O) groups excluding carboxylic acids is 2. The maximum absolute atomic E-state index is 12.6. The lowest BCUT2D eigenvalue weighted by molar-refractivity contribution is -0.118. The summed E-state index contributed by atoms with van der Waals surface area (Å²) < 4.78 is 0. The molecule has 2 rings (SSSR count). The van der Waals surface area contributed by atoms with Gasteiger partial charge in [0.05, 0.1) is 12.2 Å². The van der Waals surface area contributed by atoms with Crippen molar-refractivity contribution in [2.75, 3.05) is 18.8 Å². The van der Waals surface area contributed by atoms with E-state index in [4.69, 9.17) is 11.5 Å². The number of primary amides is 1. The molecule has 7 nitrogen and oxygen atoms in total. The molecule has 21 heavy (non-hydrogen) atoms. The van der Waals surface area contributed by atoms with Crippen molar-refractivity contribution in [3.05, 3.63) is 17.3 Å². The highest BCUT2D eigenvalue weighted by atomic mass is 32.1. The first-order valence-corrected chi connectivity index (χ1v) is 7.28. The molecule has 0 atom stereocenters. The number of hydrogen-bond donors (Lipinski definition) is 2. The third-order valence-electron chi connectivity index (χ3n) is 2.78.